The highest BCUT2D eigenvalue weighted by Gasteiger charge is 2.45. The maximum atomic E-state index is 12.7. The van der Waals surface area contributed by atoms with Crippen molar-refractivity contribution in [3.63, 3.8) is 0 Å². The second-order valence-corrected chi connectivity index (χ2v) is 4.60. The van der Waals surface area contributed by atoms with E-state index in [-0.39, 0.29) is 5.56 Å². The van der Waals surface area contributed by atoms with Crippen molar-refractivity contribution < 1.29 is 31.3 Å². The van der Waals surface area contributed by atoms with Gasteiger partial charge in [-0.1, -0.05) is 18.2 Å². The lowest BCUT2D eigenvalue weighted by molar-refractivity contribution is -0.00950. The third-order valence-electron chi connectivity index (χ3n) is 1.76. The Morgan fingerprint density at radius 3 is 2.29 bits per heavy atom. The number of carbonyl (C=O) groups is 1. The van der Waals surface area contributed by atoms with Gasteiger partial charge in [0, 0.05) is 0 Å². The number of alkyl halides is 2. The number of halogens is 2. The maximum Gasteiger partial charge on any atom is 0.402 e. The number of benzene rings is 1. The molecule has 8 heteroatoms. The van der Waals surface area contributed by atoms with Gasteiger partial charge in [0.05, 0.1) is 5.56 Å². The van der Waals surface area contributed by atoms with Crippen molar-refractivity contribution >= 4 is 16.1 Å². The molecule has 0 aliphatic carbocycles. The summed E-state index contributed by atoms with van der Waals surface area (Å²) in [5.41, 5.74) is -0.00126. The Morgan fingerprint density at radius 2 is 1.82 bits per heavy atom. The molecule has 1 aromatic carbocycles. The molecule has 0 atom stereocenters. The summed E-state index contributed by atoms with van der Waals surface area (Å²) in [4.78, 5) is 11.2. The molecule has 0 saturated carbocycles. The zero-order chi connectivity index (χ0) is 13.1. The fraction of sp³-hybridized carbons (Fsp3) is 0.222. The van der Waals surface area contributed by atoms with Crippen LogP contribution in [0.4, 0.5) is 8.78 Å². The highest BCUT2D eigenvalue weighted by molar-refractivity contribution is 7.86. The molecule has 0 aliphatic rings. The SMILES string of the molecule is O=C(OCC(F)(F)S(=O)(=O)O)c1ccccc1. The predicted octanol–water partition coefficient (Wildman–Crippen LogP) is 1.32. The summed E-state index contributed by atoms with van der Waals surface area (Å²) in [5, 5.41) is -4.52. The molecule has 1 N–H and O–H groups in total. The fourth-order valence-electron chi connectivity index (χ4n) is 0.882. The van der Waals surface area contributed by atoms with Gasteiger partial charge in [0.2, 0.25) is 0 Å². The molecule has 0 amide bonds. The Morgan fingerprint density at radius 1 is 1.29 bits per heavy atom. The highest BCUT2D eigenvalue weighted by atomic mass is 32.2. The third-order valence-corrected chi connectivity index (χ3v) is 2.63. The molecule has 17 heavy (non-hydrogen) atoms. The minimum Gasteiger partial charge on any atom is -0.454 e. The van der Waals surface area contributed by atoms with Crippen LogP contribution in [0.25, 0.3) is 0 Å². The van der Waals surface area contributed by atoms with Crippen LogP contribution >= 0.6 is 0 Å². The number of hydrogen-bond donors (Lipinski definition) is 1. The summed E-state index contributed by atoms with van der Waals surface area (Å²) in [6.07, 6.45) is 0. The van der Waals surface area contributed by atoms with Crippen LogP contribution < -0.4 is 0 Å². The highest BCUT2D eigenvalue weighted by Crippen LogP contribution is 2.21. The summed E-state index contributed by atoms with van der Waals surface area (Å²) < 4.78 is 58.1. The summed E-state index contributed by atoms with van der Waals surface area (Å²) in [5.74, 6) is -1.10. The minimum atomic E-state index is -5.59. The van der Waals surface area contributed by atoms with E-state index in [1.54, 1.807) is 6.07 Å². The second-order valence-electron chi connectivity index (χ2n) is 3.05. The third kappa shape index (κ3) is 3.46. The van der Waals surface area contributed by atoms with Crippen molar-refractivity contribution in [3.8, 4) is 0 Å². The second kappa shape index (κ2) is 4.76. The van der Waals surface area contributed by atoms with E-state index in [1.165, 1.54) is 24.3 Å². The molecule has 0 radical (unpaired) electrons. The molecule has 1 rings (SSSR count). The van der Waals surface area contributed by atoms with Gasteiger partial charge in [-0.05, 0) is 12.1 Å². The lowest BCUT2D eigenvalue weighted by atomic mass is 10.2. The number of esters is 1. The van der Waals surface area contributed by atoms with Crippen LogP contribution in [0.1, 0.15) is 10.4 Å². The minimum absolute atomic E-state index is 0.00126. The molecule has 5 nitrogen and oxygen atoms in total. The van der Waals surface area contributed by atoms with E-state index >= 15 is 0 Å². The molecule has 1 aromatic rings. The number of carbonyl (C=O) groups excluding carboxylic acids is 1. The van der Waals surface area contributed by atoms with E-state index in [9.17, 15) is 22.0 Å². The molecule has 0 bridgehead atoms. The van der Waals surface area contributed by atoms with Crippen molar-refractivity contribution in [1.29, 1.82) is 0 Å². The van der Waals surface area contributed by atoms with Gasteiger partial charge in [0.15, 0.2) is 6.61 Å². The quantitative estimate of drug-likeness (QED) is 0.656. The van der Waals surface area contributed by atoms with Crippen molar-refractivity contribution in [1.82, 2.24) is 0 Å². The first-order valence-corrected chi connectivity index (χ1v) is 5.75. The van der Waals surface area contributed by atoms with Gasteiger partial charge in [-0.2, -0.15) is 17.2 Å². The zero-order valence-corrected chi connectivity index (χ0v) is 9.15. The average molecular weight is 266 g/mol. The monoisotopic (exact) mass is 266 g/mol. The van der Waals surface area contributed by atoms with Crippen LogP contribution in [0.5, 0.6) is 0 Å². The molecule has 0 spiro atoms. The molecule has 0 unspecified atom stereocenters. The van der Waals surface area contributed by atoms with Crippen LogP contribution in [-0.2, 0) is 14.9 Å². The Kier molecular flexibility index (Phi) is 3.79. The first kappa shape index (κ1) is 13.5. The van der Waals surface area contributed by atoms with Crippen LogP contribution in [0, 0.1) is 0 Å². The van der Waals surface area contributed by atoms with Crippen LogP contribution in [0.3, 0.4) is 0 Å². The molecule has 0 aliphatic heterocycles. The number of rotatable bonds is 4. The lowest BCUT2D eigenvalue weighted by Gasteiger charge is -2.12. The largest absolute Gasteiger partial charge is 0.454 e. The zero-order valence-electron chi connectivity index (χ0n) is 8.34. The van der Waals surface area contributed by atoms with E-state index in [0.717, 1.165) is 0 Å². The van der Waals surface area contributed by atoms with Crippen molar-refractivity contribution in [2.45, 2.75) is 5.25 Å². The maximum absolute atomic E-state index is 12.7. The number of ether oxygens (including phenoxy) is 1. The smallest absolute Gasteiger partial charge is 0.402 e. The van der Waals surface area contributed by atoms with E-state index in [2.05, 4.69) is 4.74 Å². The van der Waals surface area contributed by atoms with Crippen molar-refractivity contribution in [3.05, 3.63) is 35.9 Å². The first-order chi connectivity index (χ1) is 7.74. The average Bonchev–Trinajstić information content (AvgIpc) is 2.25. The van der Waals surface area contributed by atoms with Gasteiger partial charge in [-0.25, -0.2) is 4.79 Å². The van der Waals surface area contributed by atoms with Crippen LogP contribution in [0.15, 0.2) is 30.3 Å². The molecule has 0 fully saturated rings. The van der Waals surface area contributed by atoms with E-state index in [4.69, 9.17) is 4.55 Å². The van der Waals surface area contributed by atoms with Crippen molar-refractivity contribution in [2.75, 3.05) is 6.61 Å². The molecular weight excluding hydrogens is 258 g/mol. The van der Waals surface area contributed by atoms with Crippen LogP contribution in [-0.4, -0.2) is 30.8 Å². The Labute approximate surface area is 95.8 Å². The van der Waals surface area contributed by atoms with Crippen molar-refractivity contribution in [2.24, 2.45) is 0 Å². The fourth-order valence-corrected chi connectivity index (χ4v) is 1.09. The van der Waals surface area contributed by atoms with Gasteiger partial charge in [0.1, 0.15) is 0 Å². The Bertz CT molecular complexity index is 497. The summed E-state index contributed by atoms with van der Waals surface area (Å²) in [6, 6.07) is 7.19. The van der Waals surface area contributed by atoms with E-state index in [0.29, 0.717) is 0 Å². The van der Waals surface area contributed by atoms with E-state index < -0.39 is 27.9 Å². The van der Waals surface area contributed by atoms with Gasteiger partial charge < -0.3 is 4.74 Å². The normalized spacial score (nSPS) is 12.2. The standard InChI is InChI=1S/C9H8F2O5S/c10-9(11,17(13,14)15)6-16-8(12)7-4-2-1-3-5-7/h1-5H,6H2,(H,13,14,15). The Balaban J connectivity index is 2.67. The van der Waals surface area contributed by atoms with Gasteiger partial charge >= 0.3 is 21.3 Å². The van der Waals surface area contributed by atoms with Gasteiger partial charge in [-0.3, -0.25) is 4.55 Å². The first-order valence-electron chi connectivity index (χ1n) is 4.31. The predicted molar refractivity (Wildman–Crippen MR) is 53.2 cm³/mol. The Hall–Kier alpha value is -1.54. The van der Waals surface area contributed by atoms with E-state index in [1.807, 2.05) is 0 Å². The van der Waals surface area contributed by atoms with Gasteiger partial charge in [0.25, 0.3) is 0 Å². The molecule has 94 valence electrons. The summed E-state index contributed by atoms with van der Waals surface area (Å²) in [7, 11) is -5.59. The van der Waals surface area contributed by atoms with Crippen LogP contribution in [0.2, 0.25) is 0 Å². The lowest BCUT2D eigenvalue weighted by Crippen LogP contribution is -2.34. The summed E-state index contributed by atoms with van der Waals surface area (Å²) >= 11 is 0. The molecule has 0 heterocycles. The van der Waals surface area contributed by atoms with Gasteiger partial charge in [-0.15, -0.1) is 0 Å². The molecule has 0 saturated heterocycles. The molecular formula is C9H8F2O5S. The number of hydrogen-bond acceptors (Lipinski definition) is 4. The summed E-state index contributed by atoms with van der Waals surface area (Å²) in [6.45, 7) is -1.74. The topological polar surface area (TPSA) is 80.7 Å². The molecule has 0 aromatic heterocycles.